The fourth-order valence-corrected chi connectivity index (χ4v) is 3.68. The Labute approximate surface area is 154 Å². The van der Waals surface area contributed by atoms with Crippen molar-refractivity contribution < 1.29 is 14.3 Å². The highest BCUT2D eigenvalue weighted by Crippen LogP contribution is 2.26. The van der Waals surface area contributed by atoms with E-state index in [1.165, 1.54) is 16.7 Å². The van der Waals surface area contributed by atoms with Gasteiger partial charge in [0.1, 0.15) is 6.04 Å². The summed E-state index contributed by atoms with van der Waals surface area (Å²) in [5.41, 5.74) is 10.1. The minimum absolute atomic E-state index is 0.0910. The van der Waals surface area contributed by atoms with Crippen LogP contribution < -0.4 is 10.9 Å². The fourth-order valence-electron chi connectivity index (χ4n) is 3.68. The molecule has 0 radical (unpaired) electrons. The number of aryl methyl sites for hydroxylation is 2. The smallest absolute Gasteiger partial charge is 0.409 e. The Morgan fingerprint density at radius 3 is 2.46 bits per heavy atom. The summed E-state index contributed by atoms with van der Waals surface area (Å²) in [7, 11) is 0. The lowest BCUT2D eigenvalue weighted by molar-refractivity contribution is -0.134. The largest absolute Gasteiger partial charge is 0.450 e. The lowest BCUT2D eigenvalue weighted by Gasteiger charge is -2.35. The summed E-state index contributed by atoms with van der Waals surface area (Å²) in [6, 6.07) is 6.30. The van der Waals surface area contributed by atoms with E-state index >= 15 is 0 Å². The summed E-state index contributed by atoms with van der Waals surface area (Å²) in [6.07, 6.45) is 0.427. The first-order valence-electron chi connectivity index (χ1n) is 9.28. The Morgan fingerprint density at radius 1 is 1.12 bits per heavy atom. The van der Waals surface area contributed by atoms with Gasteiger partial charge in [0.25, 0.3) is 0 Å². The number of nitrogens with one attached hydrogen (secondary N) is 2. The van der Waals surface area contributed by atoms with Crippen LogP contribution in [0.2, 0.25) is 0 Å². The third-order valence-electron chi connectivity index (χ3n) is 5.12. The van der Waals surface area contributed by atoms with Crippen molar-refractivity contribution in [2.24, 2.45) is 0 Å². The first-order chi connectivity index (χ1) is 12.5. The highest BCUT2D eigenvalue weighted by Gasteiger charge is 2.35. The SMILES string of the molecule is CCOC(=O)N1CCN(C(=O)C2CC(c3ccc(C)cc3C)NN2)CC1. The van der Waals surface area contributed by atoms with Crippen molar-refractivity contribution in [3.63, 3.8) is 0 Å². The van der Waals surface area contributed by atoms with Crippen LogP contribution in [-0.4, -0.2) is 60.6 Å². The number of benzene rings is 1. The van der Waals surface area contributed by atoms with Gasteiger partial charge in [0, 0.05) is 32.2 Å². The van der Waals surface area contributed by atoms with Crippen LogP contribution in [0.5, 0.6) is 0 Å². The average molecular weight is 360 g/mol. The zero-order valence-electron chi connectivity index (χ0n) is 15.7. The van der Waals surface area contributed by atoms with Crippen molar-refractivity contribution in [1.82, 2.24) is 20.7 Å². The van der Waals surface area contributed by atoms with Crippen LogP contribution in [0.3, 0.4) is 0 Å². The minimum atomic E-state index is -0.296. The van der Waals surface area contributed by atoms with Crippen LogP contribution in [0.4, 0.5) is 4.79 Å². The van der Waals surface area contributed by atoms with Gasteiger partial charge in [0.05, 0.1) is 6.61 Å². The molecule has 2 fully saturated rings. The van der Waals surface area contributed by atoms with Crippen LogP contribution in [0, 0.1) is 13.8 Å². The third kappa shape index (κ3) is 3.99. The number of hydrogen-bond donors (Lipinski definition) is 2. The summed E-state index contributed by atoms with van der Waals surface area (Å²) >= 11 is 0. The first kappa shape index (κ1) is 18.7. The summed E-state index contributed by atoms with van der Waals surface area (Å²) in [6.45, 7) is 8.48. The van der Waals surface area contributed by atoms with Crippen molar-refractivity contribution >= 4 is 12.0 Å². The molecular weight excluding hydrogens is 332 g/mol. The molecule has 0 bridgehead atoms. The molecule has 2 N–H and O–H groups in total. The molecule has 2 unspecified atom stereocenters. The predicted molar refractivity (Wildman–Crippen MR) is 98.5 cm³/mol. The van der Waals surface area contributed by atoms with Gasteiger partial charge in [-0.15, -0.1) is 0 Å². The highest BCUT2D eigenvalue weighted by atomic mass is 16.6. The van der Waals surface area contributed by atoms with E-state index in [0.717, 1.165) is 6.42 Å². The molecule has 7 heteroatoms. The highest BCUT2D eigenvalue weighted by molar-refractivity contribution is 5.82. The molecule has 0 saturated carbocycles. The predicted octanol–water partition coefficient (Wildman–Crippen LogP) is 1.51. The molecule has 2 atom stereocenters. The number of hydrazine groups is 1. The lowest BCUT2D eigenvalue weighted by atomic mass is 9.96. The van der Waals surface area contributed by atoms with Crippen LogP contribution in [-0.2, 0) is 9.53 Å². The van der Waals surface area contributed by atoms with E-state index in [-0.39, 0.29) is 24.1 Å². The third-order valence-corrected chi connectivity index (χ3v) is 5.12. The molecular formula is C19H28N4O3. The van der Waals surface area contributed by atoms with Crippen LogP contribution in [0.15, 0.2) is 18.2 Å². The Hall–Kier alpha value is -2.12. The van der Waals surface area contributed by atoms with Gasteiger partial charge in [-0.3, -0.25) is 4.79 Å². The lowest BCUT2D eigenvalue weighted by Crippen LogP contribution is -2.54. The Kier molecular flexibility index (Phi) is 5.78. The molecule has 2 saturated heterocycles. The van der Waals surface area contributed by atoms with E-state index in [2.05, 4.69) is 42.9 Å². The first-order valence-corrected chi connectivity index (χ1v) is 9.28. The van der Waals surface area contributed by atoms with Crippen molar-refractivity contribution in [2.45, 2.75) is 39.3 Å². The maximum atomic E-state index is 12.8. The van der Waals surface area contributed by atoms with Gasteiger partial charge in [-0.1, -0.05) is 23.8 Å². The molecule has 7 nitrogen and oxygen atoms in total. The van der Waals surface area contributed by atoms with Crippen LogP contribution in [0.1, 0.15) is 36.1 Å². The van der Waals surface area contributed by atoms with Gasteiger partial charge in [-0.2, -0.15) is 0 Å². The summed E-state index contributed by atoms with van der Waals surface area (Å²) in [5, 5.41) is 0. The Bertz CT molecular complexity index is 671. The van der Waals surface area contributed by atoms with E-state index < -0.39 is 0 Å². The quantitative estimate of drug-likeness (QED) is 0.855. The number of nitrogens with zero attached hydrogens (tertiary/aromatic N) is 2. The number of rotatable bonds is 3. The van der Waals surface area contributed by atoms with E-state index in [1.54, 1.807) is 11.8 Å². The van der Waals surface area contributed by atoms with E-state index in [1.807, 2.05) is 4.90 Å². The molecule has 2 aliphatic rings. The molecule has 2 heterocycles. The number of hydrogen-bond acceptors (Lipinski definition) is 5. The van der Waals surface area contributed by atoms with Gasteiger partial charge >= 0.3 is 6.09 Å². The van der Waals surface area contributed by atoms with Gasteiger partial charge in [-0.25, -0.2) is 15.6 Å². The van der Waals surface area contributed by atoms with E-state index in [9.17, 15) is 9.59 Å². The second-order valence-corrected chi connectivity index (χ2v) is 7.00. The molecule has 1 aromatic carbocycles. The molecule has 2 amide bonds. The molecule has 26 heavy (non-hydrogen) atoms. The number of piperazine rings is 1. The standard InChI is InChI=1S/C19H28N4O3/c1-4-26-19(25)23-9-7-22(8-10-23)18(24)17-12-16(20-21-17)15-6-5-13(2)11-14(15)3/h5-6,11,16-17,20-21H,4,7-10,12H2,1-3H3. The van der Waals surface area contributed by atoms with Crippen molar-refractivity contribution in [3.8, 4) is 0 Å². The Balaban J connectivity index is 1.54. The zero-order valence-corrected chi connectivity index (χ0v) is 15.7. The molecule has 142 valence electrons. The average Bonchev–Trinajstić information content (AvgIpc) is 3.11. The summed E-state index contributed by atoms with van der Waals surface area (Å²) in [5.74, 6) is 0.0910. The van der Waals surface area contributed by atoms with Crippen LogP contribution in [0.25, 0.3) is 0 Å². The molecule has 0 spiro atoms. The molecule has 1 aromatic rings. The zero-order chi connectivity index (χ0) is 18.7. The minimum Gasteiger partial charge on any atom is -0.450 e. The summed E-state index contributed by atoms with van der Waals surface area (Å²) < 4.78 is 5.02. The Morgan fingerprint density at radius 2 is 1.81 bits per heavy atom. The normalized spacial score (nSPS) is 23.2. The van der Waals surface area contributed by atoms with E-state index in [0.29, 0.717) is 32.8 Å². The fraction of sp³-hybridized carbons (Fsp3) is 0.579. The van der Waals surface area contributed by atoms with Gasteiger partial charge in [-0.05, 0) is 38.3 Å². The maximum absolute atomic E-state index is 12.8. The number of carbonyl (C=O) groups is 2. The maximum Gasteiger partial charge on any atom is 0.409 e. The second kappa shape index (κ2) is 8.05. The van der Waals surface area contributed by atoms with Crippen molar-refractivity contribution in [1.29, 1.82) is 0 Å². The monoisotopic (exact) mass is 360 g/mol. The number of carbonyl (C=O) groups excluding carboxylic acids is 2. The molecule has 3 rings (SSSR count). The van der Waals surface area contributed by atoms with Gasteiger partial charge < -0.3 is 14.5 Å². The van der Waals surface area contributed by atoms with Gasteiger partial charge in [0.15, 0.2) is 0 Å². The number of amides is 2. The molecule has 0 aliphatic carbocycles. The summed E-state index contributed by atoms with van der Waals surface area (Å²) in [4.78, 5) is 28.1. The topological polar surface area (TPSA) is 73.9 Å². The number of ether oxygens (including phenoxy) is 1. The van der Waals surface area contributed by atoms with Crippen LogP contribution >= 0.6 is 0 Å². The van der Waals surface area contributed by atoms with E-state index in [4.69, 9.17) is 4.74 Å². The molecule has 2 aliphatic heterocycles. The van der Waals surface area contributed by atoms with Gasteiger partial charge in [0.2, 0.25) is 5.91 Å². The molecule has 0 aromatic heterocycles. The second-order valence-electron chi connectivity index (χ2n) is 7.00. The van der Waals surface area contributed by atoms with Crippen molar-refractivity contribution in [3.05, 3.63) is 34.9 Å². The van der Waals surface area contributed by atoms with Crippen molar-refractivity contribution in [2.75, 3.05) is 32.8 Å².